The van der Waals surface area contributed by atoms with Crippen LogP contribution in [0.1, 0.15) is 32.5 Å². The lowest BCUT2D eigenvalue weighted by atomic mass is 10.2. The molecule has 0 saturated carbocycles. The van der Waals surface area contributed by atoms with E-state index in [0.717, 1.165) is 18.8 Å². The number of carbonyl (C=O) groups is 1. The van der Waals surface area contributed by atoms with Gasteiger partial charge in [0, 0.05) is 25.3 Å². The van der Waals surface area contributed by atoms with E-state index in [1.54, 1.807) is 0 Å². The molecule has 5 heteroatoms. The Balaban J connectivity index is 2.02. The van der Waals surface area contributed by atoms with E-state index in [4.69, 9.17) is 0 Å². The number of aromatic nitrogens is 2. The number of rotatable bonds is 3. The number of nitrogens with one attached hydrogen (secondary N) is 1. The molecule has 5 nitrogen and oxygen atoms in total. The fraction of sp³-hybridized carbons (Fsp3) is 0.667. The van der Waals surface area contributed by atoms with E-state index in [1.165, 1.54) is 0 Å². The zero-order valence-corrected chi connectivity index (χ0v) is 10.7. The maximum Gasteiger partial charge on any atom is 0.239 e. The number of carbonyl (C=O) groups excluding carboxylic acids is 1. The van der Waals surface area contributed by atoms with Crippen LogP contribution in [0.5, 0.6) is 0 Å². The van der Waals surface area contributed by atoms with Crippen LogP contribution >= 0.6 is 0 Å². The number of amides is 1. The third kappa shape index (κ3) is 2.66. The van der Waals surface area contributed by atoms with Gasteiger partial charge in [0.05, 0.1) is 18.3 Å². The highest BCUT2D eigenvalue weighted by Gasteiger charge is 2.24. The molecule has 0 spiro atoms. The molecular formula is C12H20N4O. The van der Waals surface area contributed by atoms with Crippen molar-refractivity contribution >= 4 is 5.91 Å². The highest BCUT2D eigenvalue weighted by Crippen LogP contribution is 2.09. The average molecular weight is 236 g/mol. The van der Waals surface area contributed by atoms with E-state index < -0.39 is 0 Å². The minimum atomic E-state index is -0.0732. The van der Waals surface area contributed by atoms with Crippen molar-refractivity contribution < 1.29 is 4.79 Å². The molecular weight excluding hydrogens is 216 g/mol. The molecule has 1 amide bonds. The van der Waals surface area contributed by atoms with Crippen LogP contribution < -0.4 is 5.32 Å². The maximum absolute atomic E-state index is 11.9. The van der Waals surface area contributed by atoms with Crippen molar-refractivity contribution in [2.75, 3.05) is 13.1 Å². The van der Waals surface area contributed by atoms with Gasteiger partial charge in [-0.25, -0.2) is 0 Å². The van der Waals surface area contributed by atoms with Crippen molar-refractivity contribution in [1.82, 2.24) is 20.0 Å². The van der Waals surface area contributed by atoms with Crippen LogP contribution in [0.2, 0.25) is 0 Å². The van der Waals surface area contributed by atoms with Gasteiger partial charge < -0.3 is 10.2 Å². The van der Waals surface area contributed by atoms with Gasteiger partial charge in [-0.1, -0.05) is 0 Å². The van der Waals surface area contributed by atoms with Gasteiger partial charge in [-0.3, -0.25) is 9.48 Å². The first kappa shape index (κ1) is 12.1. The Labute approximate surface area is 102 Å². The summed E-state index contributed by atoms with van der Waals surface area (Å²) in [6, 6.07) is 2.28. The molecule has 2 rings (SSSR count). The molecule has 1 aliphatic rings. The molecule has 0 bridgehead atoms. The second-order valence-electron chi connectivity index (χ2n) is 4.82. The fourth-order valence-corrected chi connectivity index (χ4v) is 1.99. The Morgan fingerprint density at radius 3 is 3.00 bits per heavy atom. The SMILES string of the molecule is CC1NCCN(Cc2ccn(C(C)C)n2)C1=O. The lowest BCUT2D eigenvalue weighted by molar-refractivity contribution is -0.135. The summed E-state index contributed by atoms with van der Waals surface area (Å²) in [6.07, 6.45) is 1.97. The summed E-state index contributed by atoms with van der Waals surface area (Å²) in [5.74, 6) is 0.162. The molecule has 2 heterocycles. The summed E-state index contributed by atoms with van der Waals surface area (Å²) in [4.78, 5) is 13.8. The van der Waals surface area contributed by atoms with Gasteiger partial charge in [0.15, 0.2) is 0 Å². The monoisotopic (exact) mass is 236 g/mol. The molecule has 1 saturated heterocycles. The summed E-state index contributed by atoms with van der Waals surface area (Å²) in [6.45, 7) is 8.32. The Morgan fingerprint density at radius 1 is 1.59 bits per heavy atom. The van der Waals surface area contributed by atoms with Gasteiger partial charge in [0.2, 0.25) is 5.91 Å². The van der Waals surface area contributed by atoms with Gasteiger partial charge >= 0.3 is 0 Å². The number of nitrogens with zero attached hydrogens (tertiary/aromatic N) is 3. The van der Waals surface area contributed by atoms with E-state index >= 15 is 0 Å². The second kappa shape index (κ2) is 4.87. The van der Waals surface area contributed by atoms with Crippen LogP contribution in [0.15, 0.2) is 12.3 Å². The summed E-state index contributed by atoms with van der Waals surface area (Å²) >= 11 is 0. The Bertz CT molecular complexity index is 399. The smallest absolute Gasteiger partial charge is 0.239 e. The molecule has 1 aromatic rings. The fourth-order valence-electron chi connectivity index (χ4n) is 1.99. The van der Waals surface area contributed by atoms with Crippen molar-refractivity contribution in [2.45, 2.75) is 39.4 Å². The maximum atomic E-state index is 11.9. The van der Waals surface area contributed by atoms with Crippen molar-refractivity contribution in [3.8, 4) is 0 Å². The average Bonchev–Trinajstić information content (AvgIpc) is 2.73. The van der Waals surface area contributed by atoms with Gasteiger partial charge in [0.25, 0.3) is 0 Å². The third-order valence-corrected chi connectivity index (χ3v) is 3.06. The molecule has 1 aromatic heterocycles. The molecule has 94 valence electrons. The largest absolute Gasteiger partial charge is 0.334 e. The Morgan fingerprint density at radius 2 is 2.35 bits per heavy atom. The van der Waals surface area contributed by atoms with Crippen LogP contribution in [0.4, 0.5) is 0 Å². The second-order valence-corrected chi connectivity index (χ2v) is 4.82. The Hall–Kier alpha value is -1.36. The highest BCUT2D eigenvalue weighted by atomic mass is 16.2. The van der Waals surface area contributed by atoms with Crippen molar-refractivity contribution in [1.29, 1.82) is 0 Å². The first-order valence-corrected chi connectivity index (χ1v) is 6.14. The minimum absolute atomic E-state index is 0.0732. The van der Waals surface area contributed by atoms with Crippen LogP contribution in [0.25, 0.3) is 0 Å². The van der Waals surface area contributed by atoms with Crippen LogP contribution in [0.3, 0.4) is 0 Å². The molecule has 1 N–H and O–H groups in total. The van der Waals surface area contributed by atoms with Crippen molar-refractivity contribution in [3.63, 3.8) is 0 Å². The Kier molecular flexibility index (Phi) is 3.47. The van der Waals surface area contributed by atoms with Gasteiger partial charge in [-0.15, -0.1) is 0 Å². The molecule has 0 radical (unpaired) electrons. The molecule has 1 atom stereocenters. The van der Waals surface area contributed by atoms with Gasteiger partial charge in [-0.05, 0) is 26.8 Å². The predicted octanol–water partition coefficient (Wildman–Crippen LogP) is 0.784. The standard InChI is InChI=1S/C12H20N4O/c1-9(2)16-6-4-11(14-16)8-15-7-5-13-10(3)12(15)17/h4,6,9-10,13H,5,7-8H2,1-3H3. The lowest BCUT2D eigenvalue weighted by Crippen LogP contribution is -2.53. The van der Waals surface area contributed by atoms with Crippen LogP contribution in [-0.4, -0.2) is 39.7 Å². The molecule has 0 aromatic carbocycles. The quantitative estimate of drug-likeness (QED) is 0.844. The zero-order valence-electron chi connectivity index (χ0n) is 10.7. The van der Waals surface area contributed by atoms with Crippen molar-refractivity contribution in [2.24, 2.45) is 0 Å². The number of hydrogen-bond acceptors (Lipinski definition) is 3. The van der Waals surface area contributed by atoms with E-state index in [1.807, 2.05) is 28.8 Å². The summed E-state index contributed by atoms with van der Waals surface area (Å²) < 4.78 is 1.92. The minimum Gasteiger partial charge on any atom is -0.334 e. The molecule has 1 unspecified atom stereocenters. The number of hydrogen-bond donors (Lipinski definition) is 1. The first-order chi connectivity index (χ1) is 8.08. The van der Waals surface area contributed by atoms with E-state index in [-0.39, 0.29) is 11.9 Å². The first-order valence-electron chi connectivity index (χ1n) is 6.14. The lowest BCUT2D eigenvalue weighted by Gasteiger charge is -2.30. The van der Waals surface area contributed by atoms with Gasteiger partial charge in [-0.2, -0.15) is 5.10 Å². The van der Waals surface area contributed by atoms with Crippen molar-refractivity contribution in [3.05, 3.63) is 18.0 Å². The molecule has 1 fully saturated rings. The zero-order chi connectivity index (χ0) is 12.4. The summed E-state index contributed by atoms with van der Waals surface area (Å²) in [5.41, 5.74) is 0.959. The summed E-state index contributed by atoms with van der Waals surface area (Å²) in [5, 5.41) is 7.62. The molecule has 0 aliphatic carbocycles. The summed E-state index contributed by atoms with van der Waals surface area (Å²) in [7, 11) is 0. The normalized spacial score (nSPS) is 21.3. The van der Waals surface area contributed by atoms with E-state index in [0.29, 0.717) is 12.6 Å². The van der Waals surface area contributed by atoms with Gasteiger partial charge in [0.1, 0.15) is 0 Å². The molecule has 1 aliphatic heterocycles. The van der Waals surface area contributed by atoms with Crippen LogP contribution in [0, 0.1) is 0 Å². The van der Waals surface area contributed by atoms with Crippen LogP contribution in [-0.2, 0) is 11.3 Å². The van der Waals surface area contributed by atoms with E-state index in [2.05, 4.69) is 24.3 Å². The number of piperazine rings is 1. The van der Waals surface area contributed by atoms with E-state index in [9.17, 15) is 4.79 Å². The molecule has 17 heavy (non-hydrogen) atoms. The highest BCUT2D eigenvalue weighted by molar-refractivity contribution is 5.82. The third-order valence-electron chi connectivity index (χ3n) is 3.06. The predicted molar refractivity (Wildman–Crippen MR) is 65.5 cm³/mol. The topological polar surface area (TPSA) is 50.2 Å².